The van der Waals surface area contributed by atoms with Crippen LogP contribution in [0.2, 0.25) is 0 Å². The number of rotatable bonds is 4. The molecule has 0 bridgehead atoms. The van der Waals surface area contributed by atoms with Crippen LogP contribution in [0.4, 0.5) is 0 Å². The first-order valence-electron chi connectivity index (χ1n) is 7.96. The Morgan fingerprint density at radius 1 is 1.11 bits per heavy atom. The Kier molecular flexibility index (Phi) is 4.52. The summed E-state index contributed by atoms with van der Waals surface area (Å²) >= 11 is 0. The Labute approximate surface area is 117 Å². The Hall–Kier alpha value is -0.860. The number of hydrogen-bond acceptors (Lipinski definition) is 2. The van der Waals surface area contributed by atoms with Crippen LogP contribution in [-0.2, 0) is 19.3 Å². The Balaban J connectivity index is 1.49. The number of benzene rings is 1. The minimum atomic E-state index is 0.686. The zero-order valence-electron chi connectivity index (χ0n) is 11.9. The van der Waals surface area contributed by atoms with Crippen LogP contribution in [0.5, 0.6) is 0 Å². The minimum Gasteiger partial charge on any atom is -0.315 e. The molecular weight excluding hydrogens is 232 g/mol. The molecule has 19 heavy (non-hydrogen) atoms. The lowest BCUT2D eigenvalue weighted by molar-refractivity contribution is 0.392. The van der Waals surface area contributed by atoms with Crippen molar-refractivity contribution in [2.45, 2.75) is 51.0 Å². The quantitative estimate of drug-likeness (QED) is 0.867. The molecule has 2 N–H and O–H groups in total. The first kappa shape index (κ1) is 13.1. The third-order valence-electron chi connectivity index (χ3n) is 4.56. The largest absolute Gasteiger partial charge is 0.315 e. The molecule has 104 valence electrons. The highest BCUT2D eigenvalue weighted by Crippen LogP contribution is 2.22. The van der Waals surface area contributed by atoms with Gasteiger partial charge in [0.1, 0.15) is 0 Å². The highest BCUT2D eigenvalue weighted by Gasteiger charge is 2.12. The molecule has 0 saturated carbocycles. The van der Waals surface area contributed by atoms with E-state index in [9.17, 15) is 0 Å². The SMILES string of the molecule is c1cc2c(cc1CCNC1CCCNC1)CCCC2. The molecule has 1 aliphatic carbocycles. The molecule has 1 aliphatic heterocycles. The zero-order chi connectivity index (χ0) is 12.9. The molecule has 1 aromatic carbocycles. The van der Waals surface area contributed by atoms with Crippen LogP contribution in [0.25, 0.3) is 0 Å². The molecule has 1 aromatic rings. The number of hydrogen-bond donors (Lipinski definition) is 2. The van der Waals surface area contributed by atoms with Gasteiger partial charge >= 0.3 is 0 Å². The summed E-state index contributed by atoms with van der Waals surface area (Å²) in [5, 5.41) is 7.15. The second-order valence-corrected chi connectivity index (χ2v) is 6.06. The Morgan fingerprint density at radius 3 is 2.84 bits per heavy atom. The molecule has 1 saturated heterocycles. The van der Waals surface area contributed by atoms with Gasteiger partial charge in [-0.25, -0.2) is 0 Å². The summed E-state index contributed by atoms with van der Waals surface area (Å²) in [6.07, 6.45) is 9.16. The van der Waals surface area contributed by atoms with E-state index >= 15 is 0 Å². The van der Waals surface area contributed by atoms with E-state index in [0.717, 1.165) is 13.1 Å². The van der Waals surface area contributed by atoms with Gasteiger partial charge in [-0.3, -0.25) is 0 Å². The van der Waals surface area contributed by atoms with Crippen molar-refractivity contribution in [3.63, 3.8) is 0 Å². The third kappa shape index (κ3) is 3.58. The molecule has 0 radical (unpaired) electrons. The summed E-state index contributed by atoms with van der Waals surface area (Å²) < 4.78 is 0. The maximum absolute atomic E-state index is 3.69. The minimum absolute atomic E-state index is 0.686. The van der Waals surface area contributed by atoms with Crippen LogP contribution in [0.3, 0.4) is 0 Å². The van der Waals surface area contributed by atoms with Crippen LogP contribution in [0.1, 0.15) is 42.4 Å². The fourth-order valence-corrected chi connectivity index (χ4v) is 3.39. The highest BCUT2D eigenvalue weighted by molar-refractivity contribution is 5.33. The summed E-state index contributed by atoms with van der Waals surface area (Å²) in [5.41, 5.74) is 4.72. The van der Waals surface area contributed by atoms with Crippen molar-refractivity contribution in [3.05, 3.63) is 34.9 Å². The van der Waals surface area contributed by atoms with E-state index in [1.165, 1.54) is 57.1 Å². The predicted molar refractivity (Wildman–Crippen MR) is 80.7 cm³/mol. The molecule has 0 aromatic heterocycles. The standard InChI is InChI=1S/C17H26N2/c1-2-5-16-12-14(7-8-15(16)4-1)9-11-19-17-6-3-10-18-13-17/h7-8,12,17-19H,1-6,9-11,13H2. The van der Waals surface area contributed by atoms with Gasteiger partial charge in [0.2, 0.25) is 0 Å². The summed E-state index contributed by atoms with van der Waals surface area (Å²) in [5.74, 6) is 0. The van der Waals surface area contributed by atoms with Crippen LogP contribution >= 0.6 is 0 Å². The smallest absolute Gasteiger partial charge is 0.0193 e. The van der Waals surface area contributed by atoms with Crippen molar-refractivity contribution in [1.82, 2.24) is 10.6 Å². The Bertz CT molecular complexity index is 408. The van der Waals surface area contributed by atoms with Crippen molar-refractivity contribution < 1.29 is 0 Å². The van der Waals surface area contributed by atoms with E-state index in [4.69, 9.17) is 0 Å². The van der Waals surface area contributed by atoms with Crippen molar-refractivity contribution in [1.29, 1.82) is 0 Å². The monoisotopic (exact) mass is 258 g/mol. The van der Waals surface area contributed by atoms with E-state index in [1.807, 2.05) is 0 Å². The lowest BCUT2D eigenvalue weighted by Crippen LogP contribution is -2.43. The predicted octanol–water partition coefficient (Wildman–Crippen LogP) is 2.45. The summed E-state index contributed by atoms with van der Waals surface area (Å²) in [4.78, 5) is 0. The molecule has 1 atom stereocenters. The van der Waals surface area contributed by atoms with E-state index in [2.05, 4.69) is 28.8 Å². The van der Waals surface area contributed by atoms with Gasteiger partial charge in [0.05, 0.1) is 0 Å². The topological polar surface area (TPSA) is 24.1 Å². The van der Waals surface area contributed by atoms with Gasteiger partial charge in [-0.05, 0) is 74.7 Å². The van der Waals surface area contributed by atoms with Gasteiger partial charge in [0.25, 0.3) is 0 Å². The maximum atomic E-state index is 3.69. The normalized spacial score (nSPS) is 23.1. The number of aryl methyl sites for hydroxylation is 2. The molecule has 1 fully saturated rings. The van der Waals surface area contributed by atoms with Crippen molar-refractivity contribution in [2.24, 2.45) is 0 Å². The first-order valence-corrected chi connectivity index (χ1v) is 7.96. The molecule has 2 heteroatoms. The molecule has 1 unspecified atom stereocenters. The zero-order valence-corrected chi connectivity index (χ0v) is 11.9. The maximum Gasteiger partial charge on any atom is 0.0193 e. The van der Waals surface area contributed by atoms with Gasteiger partial charge in [0.15, 0.2) is 0 Å². The Morgan fingerprint density at radius 2 is 2.00 bits per heavy atom. The van der Waals surface area contributed by atoms with E-state index < -0.39 is 0 Å². The molecule has 2 aliphatic rings. The van der Waals surface area contributed by atoms with Gasteiger partial charge in [-0.15, -0.1) is 0 Å². The number of fused-ring (bicyclic) bond motifs is 1. The molecular formula is C17H26N2. The lowest BCUT2D eigenvalue weighted by atomic mass is 9.90. The summed E-state index contributed by atoms with van der Waals surface area (Å²) in [7, 11) is 0. The first-order chi connectivity index (χ1) is 9.42. The molecule has 3 rings (SSSR count). The van der Waals surface area contributed by atoms with Gasteiger partial charge in [0, 0.05) is 12.6 Å². The van der Waals surface area contributed by atoms with Crippen molar-refractivity contribution in [2.75, 3.05) is 19.6 Å². The summed E-state index contributed by atoms with van der Waals surface area (Å²) in [6.45, 7) is 3.46. The fourth-order valence-electron chi connectivity index (χ4n) is 3.39. The average molecular weight is 258 g/mol. The van der Waals surface area contributed by atoms with Crippen molar-refractivity contribution >= 4 is 0 Å². The van der Waals surface area contributed by atoms with Crippen molar-refractivity contribution in [3.8, 4) is 0 Å². The fraction of sp³-hybridized carbons (Fsp3) is 0.647. The molecule has 0 amide bonds. The average Bonchev–Trinajstić information content (AvgIpc) is 2.48. The second kappa shape index (κ2) is 6.53. The van der Waals surface area contributed by atoms with Crippen LogP contribution in [0, 0.1) is 0 Å². The molecule has 1 heterocycles. The highest BCUT2D eigenvalue weighted by atomic mass is 15.0. The van der Waals surface area contributed by atoms with Crippen LogP contribution < -0.4 is 10.6 Å². The van der Waals surface area contributed by atoms with Gasteiger partial charge in [-0.2, -0.15) is 0 Å². The van der Waals surface area contributed by atoms with E-state index in [0.29, 0.717) is 6.04 Å². The van der Waals surface area contributed by atoms with Gasteiger partial charge < -0.3 is 10.6 Å². The molecule has 0 spiro atoms. The number of piperidine rings is 1. The second-order valence-electron chi connectivity index (χ2n) is 6.06. The van der Waals surface area contributed by atoms with Gasteiger partial charge in [-0.1, -0.05) is 18.2 Å². The van der Waals surface area contributed by atoms with E-state index in [1.54, 1.807) is 11.1 Å². The summed E-state index contributed by atoms with van der Waals surface area (Å²) in [6, 6.07) is 7.85. The molecule has 2 nitrogen and oxygen atoms in total. The van der Waals surface area contributed by atoms with Crippen LogP contribution in [-0.4, -0.2) is 25.7 Å². The van der Waals surface area contributed by atoms with Crippen LogP contribution in [0.15, 0.2) is 18.2 Å². The third-order valence-corrected chi connectivity index (χ3v) is 4.56. The lowest BCUT2D eigenvalue weighted by Gasteiger charge is -2.24. The van der Waals surface area contributed by atoms with E-state index in [-0.39, 0.29) is 0 Å². The number of nitrogens with one attached hydrogen (secondary N) is 2.